The fraction of sp³-hybridized carbons (Fsp3) is 0.950. The summed E-state index contributed by atoms with van der Waals surface area (Å²) in [5.41, 5.74) is 1.90. The Morgan fingerprint density at radius 2 is 0.544 bits per heavy atom. The highest BCUT2D eigenvalue weighted by Crippen LogP contribution is 2.40. The Bertz CT molecular complexity index is 2840. The Kier molecular flexibility index (Phi) is 60.7. The molecule has 0 spiro atoms. The molecule has 11 aliphatic heterocycles. The average Bonchev–Trinajstić information content (AvgIpc) is 1.63. The van der Waals surface area contributed by atoms with Crippen molar-refractivity contribution in [1.82, 2.24) is 63.7 Å². The quantitative estimate of drug-likeness (QED) is 0.120. The molecule has 4 atom stereocenters. The van der Waals surface area contributed by atoms with E-state index >= 15 is 0 Å². The molecule has 0 aromatic heterocycles. The molecule has 11 heterocycles. The van der Waals surface area contributed by atoms with E-state index in [9.17, 15) is 18.3 Å². The van der Waals surface area contributed by atoms with E-state index in [-0.39, 0.29) is 24.4 Å². The summed E-state index contributed by atoms with van der Waals surface area (Å²) in [6.45, 7) is 130. The van der Waals surface area contributed by atoms with Crippen molar-refractivity contribution in [3.63, 3.8) is 0 Å². The molecule has 808 valence electrons. The second kappa shape index (κ2) is 63.2. The Balaban J connectivity index is 0.000000507. The van der Waals surface area contributed by atoms with Crippen LogP contribution in [-0.2, 0) is 0 Å². The molecule has 14 nitrogen and oxygen atoms in total. The van der Waals surface area contributed by atoms with Crippen LogP contribution in [-0.4, -0.2) is 333 Å². The van der Waals surface area contributed by atoms with Gasteiger partial charge in [0.1, 0.15) is 5.67 Å². The van der Waals surface area contributed by atoms with Gasteiger partial charge in [-0.1, -0.05) is 149 Å². The van der Waals surface area contributed by atoms with E-state index in [0.29, 0.717) is 66.7 Å². The molecule has 12 rings (SSSR count). The zero-order chi connectivity index (χ0) is 104. The lowest BCUT2D eigenvalue weighted by Crippen LogP contribution is -2.62. The minimum absolute atomic E-state index is 0.0620. The van der Waals surface area contributed by atoms with E-state index in [4.69, 9.17) is 0 Å². The molecule has 1 aromatic carbocycles. The number of piperazine rings is 3. The van der Waals surface area contributed by atoms with Crippen molar-refractivity contribution in [3.8, 4) is 0 Å². The van der Waals surface area contributed by atoms with Crippen LogP contribution in [0, 0.1) is 71.0 Å². The summed E-state index contributed by atoms with van der Waals surface area (Å²) in [4.78, 5) is 32.6. The molecule has 1 N–H and O–H groups in total. The molecule has 0 amide bonds. The van der Waals surface area contributed by atoms with Crippen molar-refractivity contribution >= 4 is 0 Å². The predicted octanol–water partition coefficient (Wildman–Crippen LogP) is 26.7. The number of benzene rings is 1. The fourth-order valence-corrected chi connectivity index (χ4v) is 22.3. The molecule has 136 heavy (non-hydrogen) atoms. The molecule has 2 unspecified atom stereocenters. The van der Waals surface area contributed by atoms with Crippen molar-refractivity contribution in [3.05, 3.63) is 35.4 Å². The number of fused-ring (bicyclic) bond motifs is 2. The van der Waals surface area contributed by atoms with Crippen molar-refractivity contribution < 1.29 is 18.3 Å². The van der Waals surface area contributed by atoms with Crippen LogP contribution in [0.25, 0.3) is 0 Å². The monoisotopic (exact) mass is 1920 g/mol. The molecular formula is C119H240F3N13O. The molecular weight excluding hydrogens is 1680 g/mol. The van der Waals surface area contributed by atoms with Gasteiger partial charge in [-0.15, -0.1) is 0 Å². The van der Waals surface area contributed by atoms with Gasteiger partial charge >= 0.3 is 0 Å². The summed E-state index contributed by atoms with van der Waals surface area (Å²) in [6.07, 6.45) is 12.4. The van der Waals surface area contributed by atoms with Crippen LogP contribution in [0.5, 0.6) is 0 Å². The molecule has 0 saturated carbocycles. The molecule has 11 aliphatic rings. The van der Waals surface area contributed by atoms with Gasteiger partial charge in [0.25, 0.3) is 5.92 Å². The minimum Gasteiger partial charge on any atom is -0.390 e. The van der Waals surface area contributed by atoms with Crippen molar-refractivity contribution in [2.45, 2.75) is 514 Å². The summed E-state index contributed by atoms with van der Waals surface area (Å²) < 4.78 is 41.5. The van der Waals surface area contributed by atoms with E-state index in [0.717, 1.165) is 153 Å². The maximum atomic E-state index is 14.1. The van der Waals surface area contributed by atoms with Crippen LogP contribution >= 0.6 is 0 Å². The van der Waals surface area contributed by atoms with E-state index in [1.165, 1.54) is 161 Å². The fourth-order valence-electron chi connectivity index (χ4n) is 22.3. The van der Waals surface area contributed by atoms with Crippen molar-refractivity contribution in [1.29, 1.82) is 0 Å². The first kappa shape index (κ1) is 131. The Labute approximate surface area is 848 Å². The van der Waals surface area contributed by atoms with Gasteiger partial charge in [0.2, 0.25) is 0 Å². The lowest BCUT2D eigenvalue weighted by molar-refractivity contribution is -0.130. The SMILES string of the molecule is CC(C)C1CCN(C(C)C)C1.CC(C)C1CCN(C(C)C)CC1.CC(C)C1CCN(C(C)C)CC1.CC(C)C1CCN(C(C)C)CC1(F)F.CC(C)C1CN(C(C)C)C1.CC(C)N1CCC(F)(C(C)C)CC1.CC(C)N1CCC(O)(C(C)C)CC1.CC(C)N1CCN(C(C)C)C(C)(C)C1.CC(C)N1CCN(C(C)C)CC1.CC(C)N1C[C@H]2C[C@@H]1CN2C(C)C.CC(C)c1ccc(C(C)C)cc1. The van der Waals surface area contributed by atoms with Crippen LogP contribution in [0.1, 0.15) is 412 Å². The van der Waals surface area contributed by atoms with Crippen molar-refractivity contribution in [2.24, 2.45) is 71.0 Å². The maximum Gasteiger partial charge on any atom is 0.263 e. The Hall–Kier alpha value is -1.55. The molecule has 0 aliphatic carbocycles. The van der Waals surface area contributed by atoms with Crippen LogP contribution in [0.4, 0.5) is 13.2 Å². The number of nitrogens with zero attached hydrogens (tertiary/aromatic N) is 13. The number of alkyl halides is 3. The zero-order valence-corrected chi connectivity index (χ0v) is 99.5. The number of hydrogen-bond donors (Lipinski definition) is 1. The first-order valence-electron chi connectivity index (χ1n) is 57.4. The van der Waals surface area contributed by atoms with E-state index < -0.39 is 23.1 Å². The highest BCUT2D eigenvalue weighted by Gasteiger charge is 2.48. The van der Waals surface area contributed by atoms with E-state index in [2.05, 4.69) is 360 Å². The number of hydrogen-bond acceptors (Lipinski definition) is 14. The molecule has 1 aromatic rings. The van der Waals surface area contributed by atoms with Gasteiger partial charge in [0.05, 0.1) is 12.1 Å². The lowest BCUT2D eigenvalue weighted by atomic mass is 9.81. The van der Waals surface area contributed by atoms with E-state index in [1.807, 2.05) is 46.4 Å². The first-order chi connectivity index (χ1) is 62.8. The summed E-state index contributed by atoms with van der Waals surface area (Å²) in [6, 6.07) is 19.3. The summed E-state index contributed by atoms with van der Waals surface area (Å²) >= 11 is 0. The first-order valence-corrected chi connectivity index (χ1v) is 57.4. The van der Waals surface area contributed by atoms with Gasteiger partial charge < -0.3 is 34.5 Å². The van der Waals surface area contributed by atoms with Crippen LogP contribution in [0.15, 0.2) is 24.3 Å². The van der Waals surface area contributed by atoms with Crippen LogP contribution in [0.3, 0.4) is 0 Å². The van der Waals surface area contributed by atoms with Crippen LogP contribution < -0.4 is 0 Å². The van der Waals surface area contributed by atoms with Gasteiger partial charge in [0, 0.05) is 207 Å². The topological polar surface area (TPSA) is 62.4 Å². The predicted molar refractivity (Wildman–Crippen MR) is 595 cm³/mol. The molecule has 11 saturated heterocycles. The van der Waals surface area contributed by atoms with Gasteiger partial charge in [0.15, 0.2) is 0 Å². The second-order valence-corrected chi connectivity index (χ2v) is 51.6. The standard InChI is InChI=1S/C12H26N2.C12H18.C11H21F2N.C11H22FN.C11H22N2.C11H23NO.2C11H23N.C10H22N2.C10H21N.C9H19N/c1-10(2)13-7-8-14(11(3)4)12(5,6)9-13;1-9(2)11-5-7-12(8-6-11)10(3)4;1-8(2)10-5-6-14(9(3)4)7-11(10,12)13;1-9(2)11(12)5-7-13(8-6-11)10(3)4;1-8(2)12-6-11-5-10(12)7-13(11)9(3)4;1-9(2)11(13)5-7-12(8-6-11)10(3)4;3*1-9(2)11-5-7-12(8-6-11)10(3)4;1-8(2)10-5-6-11(7-10)9(3)4;1-7(2)9-5-10(6-9)8(3)4/h10-11H,7-9H2,1-6H3;5-10H,1-4H3;8-10H,5-7H2,1-4H3;9-10H,5-8H2,1-4H3;8-11H,5-7H2,1-4H3;9-10,13H,5-8H2,1-4H3;2*9-11H,5-8H2,1-4H3;9-10H,5-8H2,1-4H3;8-10H,5-7H2,1-4H3;7-9H,5-6H2,1-4H3/t;;;;10-,11-;;;;;;/m....1....../s1. The van der Waals surface area contributed by atoms with Crippen LogP contribution in [0.2, 0.25) is 0 Å². The van der Waals surface area contributed by atoms with Gasteiger partial charge in [-0.05, 0) is 392 Å². The third kappa shape index (κ3) is 45.8. The number of piperidine rings is 5. The number of aliphatic hydroxyl groups is 1. The Morgan fingerprint density at radius 3 is 0.794 bits per heavy atom. The highest BCUT2D eigenvalue weighted by molar-refractivity contribution is 5.26. The van der Waals surface area contributed by atoms with Gasteiger partial charge in [-0.2, -0.15) is 0 Å². The summed E-state index contributed by atoms with van der Waals surface area (Å²) in [7, 11) is 0. The maximum absolute atomic E-state index is 14.1. The minimum atomic E-state index is -2.50. The highest BCUT2D eigenvalue weighted by atomic mass is 19.3. The molecule has 11 fully saturated rings. The number of likely N-dealkylation sites (tertiary alicyclic amines) is 9. The lowest BCUT2D eigenvalue weighted by Gasteiger charge is -2.50. The smallest absolute Gasteiger partial charge is 0.263 e. The normalized spacial score (nSPS) is 24.3. The number of halogens is 3. The summed E-state index contributed by atoms with van der Waals surface area (Å²) in [5.74, 6) is 6.43. The average molecular weight is 1930 g/mol. The molecule has 0 radical (unpaired) electrons. The summed E-state index contributed by atoms with van der Waals surface area (Å²) in [5, 5.41) is 10.2. The second-order valence-electron chi connectivity index (χ2n) is 51.6. The Morgan fingerprint density at radius 1 is 0.265 bits per heavy atom. The number of rotatable bonds is 22. The van der Waals surface area contributed by atoms with Gasteiger partial charge in [-0.25, -0.2) is 13.2 Å². The largest absolute Gasteiger partial charge is 0.390 e. The van der Waals surface area contributed by atoms with E-state index in [1.54, 1.807) is 0 Å². The van der Waals surface area contributed by atoms with Gasteiger partial charge in [-0.3, -0.25) is 34.3 Å². The zero-order valence-electron chi connectivity index (χ0n) is 99.5. The molecule has 2 bridgehead atoms. The van der Waals surface area contributed by atoms with Crippen molar-refractivity contribution in [2.75, 3.05) is 151 Å². The molecule has 17 heteroatoms. The third-order valence-electron chi connectivity index (χ3n) is 34.2. The third-order valence-corrected chi connectivity index (χ3v) is 34.2.